The molecule has 0 radical (unpaired) electrons. The first-order valence-electron chi connectivity index (χ1n) is 10.8. The summed E-state index contributed by atoms with van der Waals surface area (Å²) in [5.74, 6) is -1.41. The van der Waals surface area contributed by atoms with Gasteiger partial charge >= 0.3 is 5.97 Å². The summed E-state index contributed by atoms with van der Waals surface area (Å²) in [6.45, 7) is 6.04. The van der Waals surface area contributed by atoms with Gasteiger partial charge in [-0.1, -0.05) is 35.9 Å². The molecule has 7 nitrogen and oxygen atoms in total. The highest BCUT2D eigenvalue weighted by Crippen LogP contribution is 2.38. The Morgan fingerprint density at radius 1 is 1.12 bits per heavy atom. The number of halogens is 1. The SMILES string of the molecule is CCONC(=O)c1cccc(CN2C(=O)CC(c3cccc(Cl)c3)C(C(=O)OCC)=C2C)c1. The monoisotopic (exact) mass is 470 g/mol. The van der Waals surface area contributed by atoms with E-state index in [4.69, 9.17) is 21.2 Å². The fourth-order valence-corrected chi connectivity index (χ4v) is 4.07. The highest BCUT2D eigenvalue weighted by atomic mass is 35.5. The minimum Gasteiger partial charge on any atom is -0.463 e. The molecule has 0 aliphatic carbocycles. The molecular weight excluding hydrogens is 444 g/mol. The topological polar surface area (TPSA) is 84.9 Å². The van der Waals surface area contributed by atoms with Crippen LogP contribution in [0.3, 0.4) is 0 Å². The first-order valence-corrected chi connectivity index (χ1v) is 11.2. The number of nitrogens with zero attached hydrogens (tertiary/aromatic N) is 1. The second-order valence-electron chi connectivity index (χ2n) is 7.58. The van der Waals surface area contributed by atoms with Crippen molar-refractivity contribution in [2.45, 2.75) is 39.7 Å². The molecule has 2 aromatic rings. The zero-order valence-electron chi connectivity index (χ0n) is 18.9. The third-order valence-electron chi connectivity index (χ3n) is 5.41. The Labute approximate surface area is 198 Å². The second-order valence-corrected chi connectivity index (χ2v) is 8.01. The Kier molecular flexibility index (Phi) is 8.25. The first kappa shape index (κ1) is 24.5. The van der Waals surface area contributed by atoms with Gasteiger partial charge in [-0.3, -0.25) is 14.4 Å². The van der Waals surface area contributed by atoms with Crippen LogP contribution in [0.15, 0.2) is 59.8 Å². The number of hydroxylamine groups is 1. The van der Waals surface area contributed by atoms with E-state index >= 15 is 0 Å². The Bertz CT molecular complexity index is 1080. The molecule has 0 saturated carbocycles. The molecule has 0 saturated heterocycles. The van der Waals surface area contributed by atoms with Crippen molar-refractivity contribution in [1.29, 1.82) is 0 Å². The van der Waals surface area contributed by atoms with Gasteiger partial charge in [0.15, 0.2) is 0 Å². The fraction of sp³-hybridized carbons (Fsp3) is 0.320. The summed E-state index contributed by atoms with van der Waals surface area (Å²) in [6, 6.07) is 14.1. The third-order valence-corrected chi connectivity index (χ3v) is 5.64. The number of benzene rings is 2. The summed E-state index contributed by atoms with van der Waals surface area (Å²) >= 11 is 6.16. The largest absolute Gasteiger partial charge is 0.463 e. The van der Waals surface area contributed by atoms with Gasteiger partial charge in [-0.25, -0.2) is 10.3 Å². The molecule has 3 rings (SSSR count). The quantitative estimate of drug-likeness (QED) is 0.457. The minimum atomic E-state index is -0.456. The number of hydrogen-bond acceptors (Lipinski definition) is 5. The van der Waals surface area contributed by atoms with Gasteiger partial charge in [0.05, 0.1) is 25.3 Å². The van der Waals surface area contributed by atoms with Crippen LogP contribution in [0.1, 0.15) is 54.6 Å². The lowest BCUT2D eigenvalue weighted by Gasteiger charge is -2.34. The van der Waals surface area contributed by atoms with Crippen molar-refractivity contribution >= 4 is 29.4 Å². The summed E-state index contributed by atoms with van der Waals surface area (Å²) in [4.78, 5) is 44.8. The molecule has 2 aromatic carbocycles. The zero-order valence-corrected chi connectivity index (χ0v) is 19.6. The van der Waals surface area contributed by atoms with E-state index in [1.54, 1.807) is 62.1 Å². The maximum Gasteiger partial charge on any atom is 0.336 e. The maximum atomic E-state index is 13.2. The molecule has 2 amide bonds. The lowest BCUT2D eigenvalue weighted by molar-refractivity contribution is -0.140. The van der Waals surface area contributed by atoms with Crippen LogP contribution in [0.25, 0.3) is 0 Å². The molecule has 0 spiro atoms. The predicted molar refractivity (Wildman–Crippen MR) is 124 cm³/mol. The van der Waals surface area contributed by atoms with E-state index < -0.39 is 11.9 Å². The summed E-state index contributed by atoms with van der Waals surface area (Å²) in [5.41, 5.74) is 5.26. The Hall–Kier alpha value is -3.16. The standard InChI is InChI=1S/C25H27ClN2O5/c1-4-32-25(31)23-16(3)28(22(29)14-21(23)18-9-7-11-20(26)13-18)15-17-8-6-10-19(12-17)24(30)27-33-5-2/h6-13,21H,4-5,14-15H2,1-3H3,(H,27,30). The third kappa shape index (κ3) is 5.80. The van der Waals surface area contributed by atoms with Crippen molar-refractivity contribution in [3.8, 4) is 0 Å². The van der Waals surface area contributed by atoms with Gasteiger partial charge < -0.3 is 9.64 Å². The minimum absolute atomic E-state index is 0.107. The second kappa shape index (κ2) is 11.1. The Morgan fingerprint density at radius 3 is 2.58 bits per heavy atom. The van der Waals surface area contributed by atoms with Crippen LogP contribution >= 0.6 is 11.6 Å². The molecule has 1 unspecified atom stereocenters. The van der Waals surface area contributed by atoms with E-state index in [-0.39, 0.29) is 31.4 Å². The number of ether oxygens (including phenoxy) is 1. The van der Waals surface area contributed by atoms with Crippen molar-refractivity contribution in [2.75, 3.05) is 13.2 Å². The molecule has 8 heteroatoms. The number of carbonyl (C=O) groups excluding carboxylic acids is 3. The van der Waals surface area contributed by atoms with Crippen molar-refractivity contribution in [3.05, 3.63) is 81.5 Å². The molecule has 1 atom stereocenters. The number of esters is 1. The van der Waals surface area contributed by atoms with Gasteiger partial charge in [0, 0.05) is 28.6 Å². The Balaban J connectivity index is 1.95. The van der Waals surface area contributed by atoms with E-state index in [0.29, 0.717) is 28.5 Å². The fourth-order valence-electron chi connectivity index (χ4n) is 3.88. The van der Waals surface area contributed by atoms with Gasteiger partial charge in [-0.15, -0.1) is 0 Å². The molecule has 1 aliphatic rings. The van der Waals surface area contributed by atoms with Gasteiger partial charge in [0.2, 0.25) is 5.91 Å². The first-order chi connectivity index (χ1) is 15.8. The highest BCUT2D eigenvalue weighted by molar-refractivity contribution is 6.30. The van der Waals surface area contributed by atoms with Crippen LogP contribution in [0.4, 0.5) is 0 Å². The number of hydrogen-bond donors (Lipinski definition) is 1. The summed E-state index contributed by atoms with van der Waals surface area (Å²) in [7, 11) is 0. The summed E-state index contributed by atoms with van der Waals surface area (Å²) < 4.78 is 5.32. The van der Waals surface area contributed by atoms with Crippen LogP contribution in [0.2, 0.25) is 5.02 Å². The van der Waals surface area contributed by atoms with E-state index in [1.807, 2.05) is 12.1 Å². The maximum absolute atomic E-state index is 13.2. The summed E-state index contributed by atoms with van der Waals surface area (Å²) in [6.07, 6.45) is 0.107. The molecule has 1 heterocycles. The number of amides is 2. The lowest BCUT2D eigenvalue weighted by atomic mass is 9.83. The Morgan fingerprint density at radius 2 is 1.88 bits per heavy atom. The van der Waals surface area contributed by atoms with E-state index in [2.05, 4.69) is 5.48 Å². The van der Waals surface area contributed by atoms with Crippen LogP contribution in [-0.4, -0.2) is 35.9 Å². The van der Waals surface area contributed by atoms with Crippen molar-refractivity contribution in [3.63, 3.8) is 0 Å². The number of rotatable bonds is 8. The van der Waals surface area contributed by atoms with Crippen molar-refractivity contribution in [1.82, 2.24) is 10.4 Å². The normalized spacial score (nSPS) is 16.1. The molecule has 174 valence electrons. The molecule has 1 aliphatic heterocycles. The molecular formula is C25H27ClN2O5. The van der Waals surface area contributed by atoms with Crippen LogP contribution in [-0.2, 0) is 25.7 Å². The van der Waals surface area contributed by atoms with Crippen molar-refractivity contribution in [2.24, 2.45) is 0 Å². The zero-order chi connectivity index (χ0) is 24.0. The van der Waals surface area contributed by atoms with Gasteiger partial charge in [0.25, 0.3) is 5.91 Å². The highest BCUT2D eigenvalue weighted by Gasteiger charge is 2.37. The number of nitrogens with one attached hydrogen (secondary N) is 1. The average molecular weight is 471 g/mol. The lowest BCUT2D eigenvalue weighted by Crippen LogP contribution is -2.38. The van der Waals surface area contributed by atoms with Crippen LogP contribution in [0.5, 0.6) is 0 Å². The number of allylic oxidation sites excluding steroid dienone is 1. The van der Waals surface area contributed by atoms with Crippen LogP contribution < -0.4 is 5.48 Å². The van der Waals surface area contributed by atoms with Gasteiger partial charge in [0.1, 0.15) is 0 Å². The smallest absolute Gasteiger partial charge is 0.336 e. The molecule has 33 heavy (non-hydrogen) atoms. The van der Waals surface area contributed by atoms with E-state index in [9.17, 15) is 14.4 Å². The summed E-state index contributed by atoms with van der Waals surface area (Å²) in [5, 5.41) is 0.533. The van der Waals surface area contributed by atoms with Crippen LogP contribution in [0, 0.1) is 0 Å². The van der Waals surface area contributed by atoms with E-state index in [1.165, 1.54) is 0 Å². The van der Waals surface area contributed by atoms with E-state index in [0.717, 1.165) is 11.1 Å². The molecule has 0 bridgehead atoms. The molecule has 0 fully saturated rings. The van der Waals surface area contributed by atoms with Gasteiger partial charge in [-0.2, -0.15) is 0 Å². The van der Waals surface area contributed by atoms with Gasteiger partial charge in [-0.05, 0) is 56.2 Å². The van der Waals surface area contributed by atoms with Crippen molar-refractivity contribution < 1.29 is 24.0 Å². The molecule has 0 aromatic heterocycles. The average Bonchev–Trinajstić information content (AvgIpc) is 2.80. The predicted octanol–water partition coefficient (Wildman–Crippen LogP) is 4.37. The molecule has 1 N–H and O–H groups in total. The number of carbonyl (C=O) groups is 3.